The summed E-state index contributed by atoms with van der Waals surface area (Å²) in [6.45, 7) is 7.88. The van der Waals surface area contributed by atoms with Crippen molar-refractivity contribution in [2.45, 2.75) is 40.3 Å². The molecule has 0 N–H and O–H groups in total. The van der Waals surface area contributed by atoms with Crippen molar-refractivity contribution in [1.29, 1.82) is 0 Å². The van der Waals surface area contributed by atoms with Crippen LogP contribution in [-0.2, 0) is 13.1 Å². The van der Waals surface area contributed by atoms with Gasteiger partial charge in [0.15, 0.2) is 5.65 Å². The van der Waals surface area contributed by atoms with Crippen LogP contribution in [-0.4, -0.2) is 31.9 Å². The zero-order valence-electron chi connectivity index (χ0n) is 16.0. The largest absolute Gasteiger partial charge is 0.331 e. The second-order valence-corrected chi connectivity index (χ2v) is 7.09. The van der Waals surface area contributed by atoms with E-state index in [1.807, 2.05) is 19.1 Å². The monoisotopic (exact) mass is 368 g/mol. The van der Waals surface area contributed by atoms with Gasteiger partial charge in [0.1, 0.15) is 17.2 Å². The second-order valence-electron chi connectivity index (χ2n) is 7.09. The molecule has 0 aliphatic rings. The predicted octanol–water partition coefficient (Wildman–Crippen LogP) is 4.28. The van der Waals surface area contributed by atoms with E-state index in [1.54, 1.807) is 23.2 Å². The maximum Gasteiger partial charge on any atom is 0.257 e. The number of carbonyl (C=O) groups is 1. The van der Waals surface area contributed by atoms with Gasteiger partial charge in [0, 0.05) is 19.3 Å². The number of benzene rings is 1. The van der Waals surface area contributed by atoms with E-state index in [-0.39, 0.29) is 11.5 Å². The number of halogens is 1. The van der Waals surface area contributed by atoms with Gasteiger partial charge in [-0.15, -0.1) is 0 Å². The lowest BCUT2D eigenvalue weighted by Crippen LogP contribution is -2.33. The van der Waals surface area contributed by atoms with Crippen LogP contribution in [0, 0.1) is 11.7 Å². The zero-order chi connectivity index (χ0) is 19.4. The molecule has 6 heteroatoms. The van der Waals surface area contributed by atoms with Crippen LogP contribution in [0.25, 0.3) is 11.2 Å². The van der Waals surface area contributed by atoms with Gasteiger partial charge in [0.2, 0.25) is 0 Å². The van der Waals surface area contributed by atoms with Crippen LogP contribution in [0.3, 0.4) is 0 Å². The average molecular weight is 368 g/mol. The first-order valence-corrected chi connectivity index (χ1v) is 9.35. The first-order chi connectivity index (χ1) is 13.0. The molecule has 1 aromatic carbocycles. The minimum Gasteiger partial charge on any atom is -0.331 e. The first-order valence-electron chi connectivity index (χ1n) is 9.35. The zero-order valence-corrected chi connectivity index (χ0v) is 16.0. The summed E-state index contributed by atoms with van der Waals surface area (Å²) in [6.07, 6.45) is 2.53. The molecule has 0 radical (unpaired) electrons. The molecule has 0 aliphatic heterocycles. The minimum atomic E-state index is -0.499. The maximum atomic E-state index is 14.1. The first kappa shape index (κ1) is 19.0. The number of imidazole rings is 1. The maximum absolute atomic E-state index is 14.1. The van der Waals surface area contributed by atoms with E-state index in [1.165, 1.54) is 12.1 Å². The SMILES string of the molecule is CCCN(Cc1nc2cccnc2n1CC(C)C)C(=O)c1ccccc1F. The van der Waals surface area contributed by atoms with Gasteiger partial charge in [-0.3, -0.25) is 4.79 Å². The summed E-state index contributed by atoms with van der Waals surface area (Å²) in [5.41, 5.74) is 1.72. The smallest absolute Gasteiger partial charge is 0.257 e. The van der Waals surface area contributed by atoms with E-state index in [4.69, 9.17) is 4.98 Å². The molecule has 0 saturated heterocycles. The Hall–Kier alpha value is -2.76. The van der Waals surface area contributed by atoms with Crippen molar-refractivity contribution in [3.8, 4) is 0 Å². The Morgan fingerprint density at radius 1 is 1.22 bits per heavy atom. The standard InChI is InChI=1S/C21H25FN4O/c1-4-12-25(21(27)16-8-5-6-9-17(16)22)14-19-24-18-10-7-11-23-20(18)26(19)13-15(2)3/h5-11,15H,4,12-14H2,1-3H3. The van der Waals surface area contributed by atoms with Crippen molar-refractivity contribution >= 4 is 17.1 Å². The molecule has 0 saturated carbocycles. The molecule has 0 spiro atoms. The van der Waals surface area contributed by atoms with Crippen molar-refractivity contribution in [3.05, 3.63) is 59.8 Å². The molecular formula is C21H25FN4O. The lowest BCUT2D eigenvalue weighted by molar-refractivity contribution is 0.0732. The predicted molar refractivity (Wildman–Crippen MR) is 104 cm³/mol. The number of amides is 1. The molecule has 5 nitrogen and oxygen atoms in total. The molecular weight excluding hydrogens is 343 g/mol. The summed E-state index contributed by atoms with van der Waals surface area (Å²) in [5, 5.41) is 0. The summed E-state index contributed by atoms with van der Waals surface area (Å²) < 4.78 is 16.2. The van der Waals surface area contributed by atoms with E-state index in [0.717, 1.165) is 30.0 Å². The number of nitrogens with zero attached hydrogens (tertiary/aromatic N) is 4. The summed E-state index contributed by atoms with van der Waals surface area (Å²) in [6, 6.07) is 9.88. The third-order valence-electron chi connectivity index (χ3n) is 4.35. The Morgan fingerprint density at radius 3 is 2.70 bits per heavy atom. The topological polar surface area (TPSA) is 51.0 Å². The van der Waals surface area contributed by atoms with Crippen LogP contribution in [0.1, 0.15) is 43.4 Å². The van der Waals surface area contributed by atoms with Crippen molar-refractivity contribution < 1.29 is 9.18 Å². The lowest BCUT2D eigenvalue weighted by atomic mass is 10.1. The van der Waals surface area contributed by atoms with Crippen molar-refractivity contribution in [2.24, 2.45) is 5.92 Å². The molecule has 0 atom stereocenters. The van der Waals surface area contributed by atoms with Crippen LogP contribution in [0.2, 0.25) is 0 Å². The van der Waals surface area contributed by atoms with Gasteiger partial charge in [0.25, 0.3) is 5.91 Å². The Bertz CT molecular complexity index is 935. The van der Waals surface area contributed by atoms with E-state index >= 15 is 0 Å². The Labute approximate surface area is 158 Å². The van der Waals surface area contributed by atoms with Gasteiger partial charge in [-0.25, -0.2) is 14.4 Å². The molecule has 27 heavy (non-hydrogen) atoms. The van der Waals surface area contributed by atoms with E-state index < -0.39 is 5.82 Å². The fourth-order valence-corrected chi connectivity index (χ4v) is 3.18. The third kappa shape index (κ3) is 4.15. The van der Waals surface area contributed by atoms with Crippen LogP contribution in [0.15, 0.2) is 42.6 Å². The van der Waals surface area contributed by atoms with Crippen LogP contribution in [0.4, 0.5) is 4.39 Å². The highest BCUT2D eigenvalue weighted by Gasteiger charge is 2.22. The summed E-state index contributed by atoms with van der Waals surface area (Å²) in [4.78, 5) is 23.8. The number of carbonyl (C=O) groups excluding carboxylic acids is 1. The quantitative estimate of drug-likeness (QED) is 0.625. The van der Waals surface area contributed by atoms with Gasteiger partial charge in [0.05, 0.1) is 12.1 Å². The van der Waals surface area contributed by atoms with Crippen molar-refractivity contribution in [3.63, 3.8) is 0 Å². The van der Waals surface area contributed by atoms with E-state index in [0.29, 0.717) is 19.0 Å². The normalized spacial score (nSPS) is 11.3. The van der Waals surface area contributed by atoms with Gasteiger partial charge >= 0.3 is 0 Å². The molecule has 0 unspecified atom stereocenters. The summed E-state index contributed by atoms with van der Waals surface area (Å²) in [7, 11) is 0. The fraction of sp³-hybridized carbons (Fsp3) is 0.381. The number of aromatic nitrogens is 3. The van der Waals surface area contributed by atoms with Crippen LogP contribution in [0.5, 0.6) is 0 Å². The van der Waals surface area contributed by atoms with E-state index in [2.05, 4.69) is 23.4 Å². The highest BCUT2D eigenvalue weighted by molar-refractivity contribution is 5.94. The number of fused-ring (bicyclic) bond motifs is 1. The third-order valence-corrected chi connectivity index (χ3v) is 4.35. The van der Waals surface area contributed by atoms with Crippen LogP contribution >= 0.6 is 0 Å². The average Bonchev–Trinajstić information content (AvgIpc) is 2.98. The summed E-state index contributed by atoms with van der Waals surface area (Å²) in [5.74, 6) is 0.368. The van der Waals surface area contributed by atoms with Gasteiger partial charge in [-0.05, 0) is 36.6 Å². The fourth-order valence-electron chi connectivity index (χ4n) is 3.18. The highest BCUT2D eigenvalue weighted by Crippen LogP contribution is 2.19. The van der Waals surface area contributed by atoms with Crippen molar-refractivity contribution in [2.75, 3.05) is 6.54 Å². The Balaban J connectivity index is 1.97. The minimum absolute atomic E-state index is 0.0931. The molecule has 1 amide bonds. The lowest BCUT2D eigenvalue weighted by Gasteiger charge is -2.23. The molecule has 142 valence electrons. The molecule has 0 fully saturated rings. The molecule has 3 rings (SSSR count). The van der Waals surface area contributed by atoms with Gasteiger partial charge in [-0.1, -0.05) is 32.9 Å². The molecule has 0 bridgehead atoms. The van der Waals surface area contributed by atoms with E-state index in [9.17, 15) is 9.18 Å². The number of rotatable bonds is 7. The molecule has 2 aromatic heterocycles. The van der Waals surface area contributed by atoms with Gasteiger partial charge < -0.3 is 9.47 Å². The van der Waals surface area contributed by atoms with Crippen molar-refractivity contribution in [1.82, 2.24) is 19.4 Å². The molecule has 0 aliphatic carbocycles. The molecule has 2 heterocycles. The number of hydrogen-bond acceptors (Lipinski definition) is 3. The molecule has 3 aromatic rings. The number of hydrogen-bond donors (Lipinski definition) is 0. The highest BCUT2D eigenvalue weighted by atomic mass is 19.1. The number of pyridine rings is 1. The Kier molecular flexibility index (Phi) is 5.84. The van der Waals surface area contributed by atoms with Gasteiger partial charge in [-0.2, -0.15) is 0 Å². The summed E-state index contributed by atoms with van der Waals surface area (Å²) >= 11 is 0. The van der Waals surface area contributed by atoms with Crippen LogP contribution < -0.4 is 0 Å². The Morgan fingerprint density at radius 2 is 2.00 bits per heavy atom. The second kappa shape index (κ2) is 8.29.